The van der Waals surface area contributed by atoms with Crippen molar-refractivity contribution in [3.05, 3.63) is 50.2 Å². The minimum atomic E-state index is -4.21. The molecule has 7 nitrogen and oxygen atoms in total. The summed E-state index contributed by atoms with van der Waals surface area (Å²) in [6, 6.07) is 3.78. The molecule has 11 heteroatoms. The third kappa shape index (κ3) is 5.14. The molecule has 168 valence electrons. The summed E-state index contributed by atoms with van der Waals surface area (Å²) in [6.07, 6.45) is 1.39. The lowest BCUT2D eigenvalue weighted by molar-refractivity contribution is 0.0929. The summed E-state index contributed by atoms with van der Waals surface area (Å²) in [4.78, 5) is 12.1. The maximum atomic E-state index is 15.0. The SMILES string of the molecule is COCCNC(=O)c1c(O)c(CS(=O)(=O)c2cc(Br)cc(Cl)c2O)cc(C2CC2)c1F. The molecule has 0 spiro atoms. The van der Waals surface area contributed by atoms with Gasteiger partial charge in [0.2, 0.25) is 0 Å². The number of amides is 1. The Hall–Kier alpha value is -1.88. The van der Waals surface area contributed by atoms with Crippen molar-refractivity contribution in [2.45, 2.75) is 29.4 Å². The van der Waals surface area contributed by atoms with Gasteiger partial charge in [-0.25, -0.2) is 12.8 Å². The number of phenols is 2. The van der Waals surface area contributed by atoms with Crippen molar-refractivity contribution in [3.8, 4) is 11.5 Å². The molecule has 2 aromatic carbocycles. The number of carbonyl (C=O) groups is 1. The summed E-state index contributed by atoms with van der Waals surface area (Å²) in [6.45, 7) is 0.264. The van der Waals surface area contributed by atoms with E-state index >= 15 is 4.39 Å². The van der Waals surface area contributed by atoms with E-state index in [1.54, 1.807) is 0 Å². The first-order valence-electron chi connectivity index (χ1n) is 9.29. The van der Waals surface area contributed by atoms with Crippen molar-refractivity contribution in [3.63, 3.8) is 0 Å². The van der Waals surface area contributed by atoms with Crippen LogP contribution in [0.25, 0.3) is 0 Å². The zero-order valence-electron chi connectivity index (χ0n) is 16.4. The smallest absolute Gasteiger partial charge is 0.258 e. The highest BCUT2D eigenvalue weighted by atomic mass is 79.9. The molecule has 0 heterocycles. The molecule has 31 heavy (non-hydrogen) atoms. The van der Waals surface area contributed by atoms with Crippen LogP contribution >= 0.6 is 27.5 Å². The van der Waals surface area contributed by atoms with E-state index in [-0.39, 0.29) is 35.2 Å². The van der Waals surface area contributed by atoms with Gasteiger partial charge in [-0.05, 0) is 42.5 Å². The van der Waals surface area contributed by atoms with E-state index in [1.165, 1.54) is 25.3 Å². The van der Waals surface area contributed by atoms with E-state index in [9.17, 15) is 23.4 Å². The van der Waals surface area contributed by atoms with Crippen molar-refractivity contribution in [2.24, 2.45) is 0 Å². The van der Waals surface area contributed by atoms with Crippen molar-refractivity contribution in [1.82, 2.24) is 5.32 Å². The van der Waals surface area contributed by atoms with Crippen LogP contribution in [0, 0.1) is 5.82 Å². The molecule has 1 aliphatic carbocycles. The van der Waals surface area contributed by atoms with E-state index in [1.807, 2.05) is 0 Å². The average Bonchev–Trinajstić information content (AvgIpc) is 3.52. The summed E-state index contributed by atoms with van der Waals surface area (Å²) in [5.74, 6) is -4.06. The molecule has 1 aliphatic rings. The van der Waals surface area contributed by atoms with Crippen LogP contribution in [0.1, 0.15) is 40.2 Å². The van der Waals surface area contributed by atoms with E-state index in [0.717, 1.165) is 0 Å². The number of carbonyl (C=O) groups excluding carboxylic acids is 1. The normalized spacial score (nSPS) is 13.9. The number of halogens is 3. The van der Waals surface area contributed by atoms with Crippen LogP contribution in [0.2, 0.25) is 5.02 Å². The highest BCUT2D eigenvalue weighted by Crippen LogP contribution is 2.45. The Labute approximate surface area is 192 Å². The van der Waals surface area contributed by atoms with Crippen LogP contribution < -0.4 is 5.32 Å². The predicted octanol–water partition coefficient (Wildman–Crippen LogP) is 3.88. The minimum absolute atomic E-state index is 0.0832. The summed E-state index contributed by atoms with van der Waals surface area (Å²) in [7, 11) is -2.77. The molecule has 0 bridgehead atoms. The Bertz CT molecular complexity index is 1140. The molecule has 3 rings (SSSR count). The maximum absolute atomic E-state index is 15.0. The number of nitrogens with one attached hydrogen (secondary N) is 1. The number of methoxy groups -OCH3 is 1. The largest absolute Gasteiger partial charge is 0.507 e. The first-order chi connectivity index (χ1) is 14.6. The van der Waals surface area contributed by atoms with Crippen molar-refractivity contribution < 1.29 is 32.6 Å². The summed E-state index contributed by atoms with van der Waals surface area (Å²) < 4.78 is 46.2. The topological polar surface area (TPSA) is 113 Å². The number of hydrogen-bond acceptors (Lipinski definition) is 6. The number of rotatable bonds is 8. The van der Waals surface area contributed by atoms with Crippen LogP contribution in [-0.4, -0.2) is 44.8 Å². The molecule has 0 saturated heterocycles. The second-order valence-electron chi connectivity index (χ2n) is 7.18. The number of sulfone groups is 1. The van der Waals surface area contributed by atoms with E-state index in [2.05, 4.69) is 21.2 Å². The molecule has 0 aromatic heterocycles. The predicted molar refractivity (Wildman–Crippen MR) is 116 cm³/mol. The van der Waals surface area contributed by atoms with E-state index in [0.29, 0.717) is 17.3 Å². The van der Waals surface area contributed by atoms with Gasteiger partial charge in [0.05, 0.1) is 17.4 Å². The highest BCUT2D eigenvalue weighted by Gasteiger charge is 2.33. The molecule has 1 saturated carbocycles. The first kappa shape index (κ1) is 23.8. The standard InChI is InChI=1S/C20H20BrClFNO6S/c1-30-5-4-24-20(27)16-17(23)13(10-2-3-10)6-11(18(16)25)9-31(28,29)15-8-12(21)7-14(22)19(15)26/h6-8,10,25-26H,2-5,9H2,1H3,(H,24,27). The molecule has 1 amide bonds. The lowest BCUT2D eigenvalue weighted by atomic mass is 10.00. The van der Waals surface area contributed by atoms with Gasteiger partial charge < -0.3 is 20.3 Å². The Morgan fingerprint density at radius 2 is 1.97 bits per heavy atom. The van der Waals surface area contributed by atoms with Gasteiger partial charge in [0.1, 0.15) is 22.0 Å². The van der Waals surface area contributed by atoms with Crippen LogP contribution in [0.4, 0.5) is 4.39 Å². The van der Waals surface area contributed by atoms with Crippen molar-refractivity contribution in [1.29, 1.82) is 0 Å². The third-order valence-corrected chi connectivity index (χ3v) is 7.27. The number of hydrogen-bond donors (Lipinski definition) is 3. The molecular formula is C20H20BrClFNO6S. The van der Waals surface area contributed by atoms with Crippen LogP contribution in [0.3, 0.4) is 0 Å². The van der Waals surface area contributed by atoms with Gasteiger partial charge in [0.15, 0.2) is 15.6 Å². The van der Waals surface area contributed by atoms with E-state index in [4.69, 9.17) is 16.3 Å². The van der Waals surface area contributed by atoms with Crippen LogP contribution in [0.15, 0.2) is 27.6 Å². The average molecular weight is 537 g/mol. The monoisotopic (exact) mass is 535 g/mol. The van der Waals surface area contributed by atoms with Crippen LogP contribution in [0.5, 0.6) is 11.5 Å². The fourth-order valence-electron chi connectivity index (χ4n) is 3.15. The molecule has 0 aliphatic heterocycles. The van der Waals surface area contributed by atoms with Gasteiger partial charge in [0, 0.05) is 23.7 Å². The van der Waals surface area contributed by atoms with Gasteiger partial charge in [-0.1, -0.05) is 27.5 Å². The van der Waals surface area contributed by atoms with Gasteiger partial charge in [-0.3, -0.25) is 4.79 Å². The number of aromatic hydroxyl groups is 2. The summed E-state index contributed by atoms with van der Waals surface area (Å²) in [5, 5.41) is 23.0. The Morgan fingerprint density at radius 3 is 2.58 bits per heavy atom. The van der Waals surface area contributed by atoms with Gasteiger partial charge in [-0.2, -0.15) is 0 Å². The maximum Gasteiger partial charge on any atom is 0.258 e. The molecule has 0 atom stereocenters. The second-order valence-corrected chi connectivity index (χ2v) is 10.5. The van der Waals surface area contributed by atoms with Gasteiger partial charge >= 0.3 is 0 Å². The Kier molecular flexibility index (Phi) is 7.14. The molecule has 2 aromatic rings. The third-order valence-electron chi connectivity index (χ3n) is 4.85. The molecule has 0 unspecified atom stereocenters. The molecule has 3 N–H and O–H groups in total. The Balaban J connectivity index is 2.06. The molecule has 1 fully saturated rings. The Morgan fingerprint density at radius 1 is 1.29 bits per heavy atom. The highest BCUT2D eigenvalue weighted by molar-refractivity contribution is 9.10. The zero-order chi connectivity index (χ0) is 22.9. The van der Waals surface area contributed by atoms with Crippen molar-refractivity contribution >= 4 is 43.3 Å². The molecule has 0 radical (unpaired) electrons. The quantitative estimate of drug-likeness (QED) is 0.442. The summed E-state index contributed by atoms with van der Waals surface area (Å²) >= 11 is 9.00. The zero-order valence-corrected chi connectivity index (χ0v) is 19.6. The number of benzene rings is 2. The number of phenolic OH excluding ortho intramolecular Hbond substituents is 2. The lowest BCUT2D eigenvalue weighted by Crippen LogP contribution is -2.28. The van der Waals surface area contributed by atoms with Crippen LogP contribution in [-0.2, 0) is 20.3 Å². The second kappa shape index (κ2) is 9.32. The van der Waals surface area contributed by atoms with Gasteiger partial charge in [-0.15, -0.1) is 0 Å². The lowest BCUT2D eigenvalue weighted by Gasteiger charge is -2.16. The fraction of sp³-hybridized carbons (Fsp3) is 0.350. The van der Waals surface area contributed by atoms with Gasteiger partial charge in [0.25, 0.3) is 5.91 Å². The minimum Gasteiger partial charge on any atom is -0.507 e. The van der Waals surface area contributed by atoms with E-state index < -0.39 is 49.3 Å². The fourth-order valence-corrected chi connectivity index (χ4v) is 5.67. The first-order valence-corrected chi connectivity index (χ1v) is 12.1. The molecular weight excluding hydrogens is 517 g/mol. The number of ether oxygens (including phenoxy) is 1. The van der Waals surface area contributed by atoms with Crippen molar-refractivity contribution in [2.75, 3.05) is 20.3 Å². The summed E-state index contributed by atoms with van der Waals surface area (Å²) in [5.41, 5.74) is -0.575.